The summed E-state index contributed by atoms with van der Waals surface area (Å²) in [5.41, 5.74) is 1.49. The van der Waals surface area contributed by atoms with Crippen molar-refractivity contribution < 1.29 is 19.7 Å². The van der Waals surface area contributed by atoms with Gasteiger partial charge in [0.1, 0.15) is 0 Å². The van der Waals surface area contributed by atoms with Crippen LogP contribution in [0.15, 0.2) is 60.7 Å². The second-order valence-corrected chi connectivity index (χ2v) is 8.05. The van der Waals surface area contributed by atoms with E-state index in [9.17, 15) is 10.2 Å². The van der Waals surface area contributed by atoms with Gasteiger partial charge in [0.05, 0.1) is 13.2 Å². The first-order valence-electron chi connectivity index (χ1n) is 11.4. The van der Waals surface area contributed by atoms with E-state index < -0.39 is 0 Å². The topological polar surface area (TPSA) is 58.9 Å². The molecule has 4 heteroatoms. The van der Waals surface area contributed by atoms with E-state index in [0.29, 0.717) is 24.7 Å². The summed E-state index contributed by atoms with van der Waals surface area (Å²) in [7, 11) is 0. The Balaban J connectivity index is 2.07. The molecule has 0 aliphatic rings. The van der Waals surface area contributed by atoms with Crippen molar-refractivity contribution in [2.45, 2.75) is 39.5 Å². The number of phenolic OH excluding ortho intramolecular Hbond substituents is 2. The Morgan fingerprint density at radius 2 is 1.03 bits per heavy atom. The van der Waals surface area contributed by atoms with Crippen LogP contribution in [0.1, 0.15) is 39.5 Å². The average molecular weight is 431 g/mol. The summed E-state index contributed by atoms with van der Waals surface area (Å²) < 4.78 is 12.3. The first-order valence-corrected chi connectivity index (χ1v) is 11.4. The first kappa shape index (κ1) is 21.8. The number of rotatable bonds is 9. The fraction of sp³-hybridized carbons (Fsp3) is 0.286. The highest BCUT2D eigenvalue weighted by atomic mass is 16.5. The molecule has 0 atom stereocenters. The Morgan fingerprint density at radius 1 is 0.625 bits per heavy atom. The predicted molar refractivity (Wildman–Crippen MR) is 131 cm³/mol. The maximum absolute atomic E-state index is 11.0. The van der Waals surface area contributed by atoms with Crippen LogP contribution in [0.4, 0.5) is 0 Å². The molecule has 0 fully saturated rings. The van der Waals surface area contributed by atoms with Gasteiger partial charge in [0.25, 0.3) is 0 Å². The molecule has 0 unspecified atom stereocenters. The first-order chi connectivity index (χ1) is 15.7. The van der Waals surface area contributed by atoms with Gasteiger partial charge in [-0.3, -0.25) is 0 Å². The van der Waals surface area contributed by atoms with E-state index in [1.54, 1.807) is 12.1 Å². The van der Waals surface area contributed by atoms with E-state index in [0.717, 1.165) is 58.4 Å². The molecule has 0 radical (unpaired) electrons. The van der Waals surface area contributed by atoms with Crippen LogP contribution in [0.25, 0.3) is 32.7 Å². The molecule has 0 heterocycles. The van der Waals surface area contributed by atoms with Crippen molar-refractivity contribution in [1.82, 2.24) is 0 Å². The van der Waals surface area contributed by atoms with Crippen LogP contribution in [-0.4, -0.2) is 23.4 Å². The van der Waals surface area contributed by atoms with Crippen LogP contribution >= 0.6 is 0 Å². The molecular weight excluding hydrogens is 400 g/mol. The second-order valence-electron chi connectivity index (χ2n) is 8.05. The van der Waals surface area contributed by atoms with Gasteiger partial charge in [0, 0.05) is 11.1 Å². The lowest BCUT2D eigenvalue weighted by Gasteiger charge is -2.21. The number of phenols is 2. The summed E-state index contributed by atoms with van der Waals surface area (Å²) in [6, 6.07) is 19.3. The second kappa shape index (κ2) is 9.82. The summed E-state index contributed by atoms with van der Waals surface area (Å²) >= 11 is 0. The maximum atomic E-state index is 11.0. The lowest BCUT2D eigenvalue weighted by Crippen LogP contribution is -2.03. The van der Waals surface area contributed by atoms with Gasteiger partial charge in [-0.1, -0.05) is 75.2 Å². The normalized spacial score (nSPS) is 11.2. The molecule has 0 saturated carbocycles. The standard InChI is InChI=1S/C28H30O4/c1-3-5-15-31-27-23(29)17-19-11-7-9-13-21(19)25(27)26-22-14-10-8-12-20(22)18-24(30)28(26)32-16-6-4-2/h7-14,17-18,29-30H,3-6,15-16H2,1-2H3. The van der Waals surface area contributed by atoms with Crippen LogP contribution in [0, 0.1) is 0 Å². The van der Waals surface area contributed by atoms with Gasteiger partial charge < -0.3 is 19.7 Å². The zero-order chi connectivity index (χ0) is 22.5. The number of fused-ring (bicyclic) bond motifs is 2. The van der Waals surface area contributed by atoms with E-state index in [1.165, 1.54) is 0 Å². The van der Waals surface area contributed by atoms with Crippen molar-refractivity contribution in [3.63, 3.8) is 0 Å². The lowest BCUT2D eigenvalue weighted by molar-refractivity contribution is 0.290. The minimum Gasteiger partial charge on any atom is -0.504 e. The van der Waals surface area contributed by atoms with Crippen LogP contribution in [0.2, 0.25) is 0 Å². The number of ether oxygens (including phenoxy) is 2. The summed E-state index contributed by atoms with van der Waals surface area (Å²) in [4.78, 5) is 0. The molecular formula is C28H30O4. The molecule has 0 amide bonds. The number of hydrogen-bond donors (Lipinski definition) is 2. The highest BCUT2D eigenvalue weighted by Crippen LogP contribution is 2.51. The van der Waals surface area contributed by atoms with Crippen LogP contribution < -0.4 is 9.47 Å². The minimum absolute atomic E-state index is 0.0849. The molecule has 0 bridgehead atoms. The van der Waals surface area contributed by atoms with E-state index in [-0.39, 0.29) is 11.5 Å². The molecule has 4 aromatic carbocycles. The largest absolute Gasteiger partial charge is 0.504 e. The molecule has 0 saturated heterocycles. The molecule has 4 rings (SSSR count). The monoisotopic (exact) mass is 430 g/mol. The highest BCUT2D eigenvalue weighted by Gasteiger charge is 2.24. The lowest BCUT2D eigenvalue weighted by atomic mass is 9.91. The predicted octanol–water partition coefficient (Wildman–Crippen LogP) is 7.43. The van der Waals surface area contributed by atoms with Crippen molar-refractivity contribution in [1.29, 1.82) is 0 Å². The average Bonchev–Trinajstić information content (AvgIpc) is 2.80. The van der Waals surface area contributed by atoms with Gasteiger partial charge in [-0.2, -0.15) is 0 Å². The fourth-order valence-electron chi connectivity index (χ4n) is 4.05. The molecule has 2 N–H and O–H groups in total. The van der Waals surface area contributed by atoms with E-state index in [4.69, 9.17) is 9.47 Å². The van der Waals surface area contributed by atoms with Crippen LogP contribution in [0.3, 0.4) is 0 Å². The van der Waals surface area contributed by atoms with Crippen molar-refractivity contribution in [3.8, 4) is 34.1 Å². The minimum atomic E-state index is 0.0849. The molecule has 0 aliphatic carbocycles. The number of hydrogen-bond acceptors (Lipinski definition) is 4. The molecule has 0 spiro atoms. The smallest absolute Gasteiger partial charge is 0.169 e. The van der Waals surface area contributed by atoms with Gasteiger partial charge in [0.2, 0.25) is 0 Å². The van der Waals surface area contributed by atoms with Gasteiger partial charge in [-0.25, -0.2) is 0 Å². The highest BCUT2D eigenvalue weighted by molar-refractivity contribution is 6.11. The molecule has 4 nitrogen and oxygen atoms in total. The summed E-state index contributed by atoms with van der Waals surface area (Å²) in [6.45, 7) is 5.20. The molecule has 32 heavy (non-hydrogen) atoms. The van der Waals surface area contributed by atoms with Crippen LogP contribution in [-0.2, 0) is 0 Å². The number of unbranched alkanes of at least 4 members (excludes halogenated alkanes) is 2. The van der Waals surface area contributed by atoms with Crippen molar-refractivity contribution in [3.05, 3.63) is 60.7 Å². The van der Waals surface area contributed by atoms with Crippen molar-refractivity contribution >= 4 is 21.5 Å². The zero-order valence-electron chi connectivity index (χ0n) is 18.7. The maximum Gasteiger partial charge on any atom is 0.169 e. The molecule has 0 aromatic heterocycles. The van der Waals surface area contributed by atoms with Gasteiger partial charge in [-0.15, -0.1) is 0 Å². The fourth-order valence-corrected chi connectivity index (χ4v) is 4.05. The third-order valence-electron chi connectivity index (χ3n) is 5.70. The van der Waals surface area contributed by atoms with Crippen LogP contribution in [0.5, 0.6) is 23.0 Å². The van der Waals surface area contributed by atoms with Crippen molar-refractivity contribution in [2.24, 2.45) is 0 Å². The summed E-state index contributed by atoms with van der Waals surface area (Å²) in [6.07, 6.45) is 3.74. The van der Waals surface area contributed by atoms with E-state index in [1.807, 2.05) is 48.5 Å². The third-order valence-corrected chi connectivity index (χ3v) is 5.70. The Hall–Kier alpha value is -3.40. The molecule has 0 aliphatic heterocycles. The number of benzene rings is 4. The zero-order valence-corrected chi connectivity index (χ0v) is 18.7. The third kappa shape index (κ3) is 4.18. The summed E-state index contributed by atoms with van der Waals surface area (Å²) in [5.74, 6) is 1.02. The SMILES string of the molecule is CCCCOc1c(O)cc2ccccc2c1-c1c(OCCCC)c(O)cc2ccccc12. The quantitative estimate of drug-likeness (QED) is 0.271. The van der Waals surface area contributed by atoms with Crippen molar-refractivity contribution in [2.75, 3.05) is 13.2 Å². The Morgan fingerprint density at radius 3 is 1.44 bits per heavy atom. The Labute approximate surface area is 189 Å². The Kier molecular flexibility index (Phi) is 6.69. The Bertz CT molecular complexity index is 1130. The number of aromatic hydroxyl groups is 2. The van der Waals surface area contributed by atoms with Gasteiger partial charge >= 0.3 is 0 Å². The van der Waals surface area contributed by atoms with E-state index in [2.05, 4.69) is 13.8 Å². The van der Waals surface area contributed by atoms with Gasteiger partial charge in [0.15, 0.2) is 23.0 Å². The van der Waals surface area contributed by atoms with Gasteiger partial charge in [-0.05, 0) is 46.5 Å². The molecule has 166 valence electrons. The molecule has 4 aromatic rings. The summed E-state index contributed by atoms with van der Waals surface area (Å²) in [5, 5.41) is 25.6. The van der Waals surface area contributed by atoms with E-state index >= 15 is 0 Å².